The van der Waals surface area contributed by atoms with Crippen LogP contribution in [0.2, 0.25) is 0 Å². The lowest BCUT2D eigenvalue weighted by atomic mass is 9.90. The van der Waals surface area contributed by atoms with Crippen LogP contribution in [0, 0.1) is 5.92 Å². The van der Waals surface area contributed by atoms with Gasteiger partial charge in [0.2, 0.25) is 17.6 Å². The van der Waals surface area contributed by atoms with Crippen molar-refractivity contribution in [3.8, 4) is 28.6 Å². The number of piperidine rings is 1. The molecule has 0 radical (unpaired) electrons. The Morgan fingerprint density at radius 1 is 0.714 bits per heavy atom. The Morgan fingerprint density at radius 3 is 1.87 bits per heavy atom. The first-order valence-corrected chi connectivity index (χ1v) is 21.8. The van der Waals surface area contributed by atoms with Gasteiger partial charge in [-0.3, -0.25) is 19.0 Å². The Bertz CT molecular complexity index is 2430. The number of carbonyl (C=O) groups is 3. The molecule has 2 heterocycles. The molecule has 1 saturated heterocycles. The average Bonchev–Trinajstić information content (AvgIpc) is 3.75. The van der Waals surface area contributed by atoms with Crippen molar-refractivity contribution < 1.29 is 23.9 Å². The highest BCUT2D eigenvalue weighted by molar-refractivity contribution is 5.92. The molecule has 7 rings (SSSR count). The summed E-state index contributed by atoms with van der Waals surface area (Å²) in [5.74, 6) is 1.60. The van der Waals surface area contributed by atoms with Crippen molar-refractivity contribution >= 4 is 17.7 Å². The van der Waals surface area contributed by atoms with Crippen LogP contribution in [-0.4, -0.2) is 69.6 Å². The van der Waals surface area contributed by atoms with Gasteiger partial charge in [0, 0.05) is 44.9 Å². The van der Waals surface area contributed by atoms with Crippen LogP contribution < -0.4 is 25.8 Å². The highest BCUT2D eigenvalue weighted by atomic mass is 16.5. The molecule has 0 aliphatic carbocycles. The van der Waals surface area contributed by atoms with Gasteiger partial charge in [-0.1, -0.05) is 117 Å². The van der Waals surface area contributed by atoms with E-state index >= 15 is 0 Å². The van der Waals surface area contributed by atoms with Gasteiger partial charge in [-0.25, -0.2) is 0 Å². The Morgan fingerprint density at radius 2 is 1.29 bits per heavy atom. The highest BCUT2D eigenvalue weighted by Crippen LogP contribution is 2.40. The van der Waals surface area contributed by atoms with Crippen LogP contribution in [-0.2, 0) is 35.6 Å². The molecule has 12 nitrogen and oxygen atoms in total. The van der Waals surface area contributed by atoms with Crippen LogP contribution in [0.25, 0.3) is 17.1 Å². The van der Waals surface area contributed by atoms with Crippen molar-refractivity contribution in [1.82, 2.24) is 30.3 Å². The first-order chi connectivity index (χ1) is 30.6. The molecule has 6 aromatic rings. The average molecular weight is 848 g/mol. The Hall–Kier alpha value is -6.79. The smallest absolute Gasteiger partial charge is 0.289 e. The number of aromatic nitrogens is 3. The van der Waals surface area contributed by atoms with E-state index in [1.165, 1.54) is 0 Å². The third-order valence-corrected chi connectivity index (χ3v) is 11.4. The van der Waals surface area contributed by atoms with Crippen LogP contribution in [0.4, 0.5) is 0 Å². The van der Waals surface area contributed by atoms with Crippen LogP contribution in [0.3, 0.4) is 0 Å². The second-order valence-electron chi connectivity index (χ2n) is 16.4. The van der Waals surface area contributed by atoms with Crippen molar-refractivity contribution in [2.75, 3.05) is 26.2 Å². The summed E-state index contributed by atoms with van der Waals surface area (Å²) < 4.78 is 14.9. The highest BCUT2D eigenvalue weighted by Gasteiger charge is 2.27. The number of hydrogen-bond acceptors (Lipinski definition) is 8. The van der Waals surface area contributed by atoms with Gasteiger partial charge in [-0.15, -0.1) is 10.2 Å². The molecule has 1 atom stereocenters. The van der Waals surface area contributed by atoms with Crippen molar-refractivity contribution in [2.45, 2.75) is 71.6 Å². The fraction of sp³-hybridized carbons (Fsp3) is 0.314. The lowest BCUT2D eigenvalue weighted by molar-refractivity contribution is -0.130. The van der Waals surface area contributed by atoms with Gasteiger partial charge in [0.15, 0.2) is 5.82 Å². The summed E-state index contributed by atoms with van der Waals surface area (Å²) in [6.07, 6.45) is 3.19. The van der Waals surface area contributed by atoms with E-state index in [0.29, 0.717) is 47.5 Å². The standard InChI is InChI=1S/C51H57N7O5/c1-35(2)43-31-44(47(63-34-41-17-11-6-12-18-41)32-46(43)62-33-40-15-9-5-10-16-40)48-55-56-49(51(61)54-26-25-53-50(60)45(52)30-37-13-7-4-8-14-37)58(48)42-21-19-38(20-22-42)29-39-23-27-57(28-24-39)36(3)59/h4-22,31-32,35,39,45H,23-30,33-34,52H2,1-3H3,(H,53,60)(H,54,61)/t45-/m1/s1. The number of rotatable bonds is 18. The van der Waals surface area contributed by atoms with E-state index in [4.69, 9.17) is 20.3 Å². The molecule has 63 heavy (non-hydrogen) atoms. The molecule has 1 aliphatic heterocycles. The number of nitrogens with zero attached hydrogens (tertiary/aromatic N) is 4. The molecule has 0 spiro atoms. The minimum absolute atomic E-state index is 0.0643. The summed E-state index contributed by atoms with van der Waals surface area (Å²) in [5, 5.41) is 15.0. The summed E-state index contributed by atoms with van der Waals surface area (Å²) in [6.45, 7) is 8.37. The predicted molar refractivity (Wildman–Crippen MR) is 245 cm³/mol. The fourth-order valence-electron chi connectivity index (χ4n) is 7.87. The summed E-state index contributed by atoms with van der Waals surface area (Å²) in [5.41, 5.74) is 12.6. The molecule has 0 bridgehead atoms. The molecule has 326 valence electrons. The number of benzene rings is 5. The molecular formula is C51H57N7O5. The maximum atomic E-state index is 14.1. The molecule has 12 heteroatoms. The van der Waals surface area contributed by atoms with E-state index < -0.39 is 11.9 Å². The second kappa shape index (κ2) is 21.3. The first-order valence-electron chi connectivity index (χ1n) is 21.8. The zero-order valence-electron chi connectivity index (χ0n) is 36.3. The molecule has 0 unspecified atom stereocenters. The van der Waals surface area contributed by atoms with E-state index in [1.807, 2.05) is 120 Å². The van der Waals surface area contributed by atoms with E-state index in [1.54, 1.807) is 11.5 Å². The van der Waals surface area contributed by atoms with Crippen molar-refractivity contribution in [3.05, 3.63) is 161 Å². The van der Waals surface area contributed by atoms with Gasteiger partial charge < -0.3 is 30.7 Å². The molecule has 0 saturated carbocycles. The fourth-order valence-corrected chi connectivity index (χ4v) is 7.87. The number of carbonyl (C=O) groups excluding carboxylic acids is 3. The minimum atomic E-state index is -0.728. The number of ether oxygens (including phenoxy) is 2. The van der Waals surface area contributed by atoms with Crippen LogP contribution in [0.1, 0.15) is 78.0 Å². The van der Waals surface area contributed by atoms with Crippen LogP contribution in [0.5, 0.6) is 11.5 Å². The largest absolute Gasteiger partial charge is 0.488 e. The molecule has 1 aliphatic rings. The van der Waals surface area contributed by atoms with Crippen LogP contribution in [0.15, 0.2) is 127 Å². The molecule has 1 aromatic heterocycles. The minimum Gasteiger partial charge on any atom is -0.488 e. The maximum absolute atomic E-state index is 14.1. The molecule has 1 fully saturated rings. The SMILES string of the molecule is CC(=O)N1CCC(Cc2ccc(-n3c(C(=O)NCCNC(=O)[C@H](N)Cc4ccccc4)nnc3-c3cc(C(C)C)c(OCc4ccccc4)cc3OCc3ccccc3)cc2)CC1. The molecular weight excluding hydrogens is 791 g/mol. The van der Waals surface area contributed by atoms with E-state index in [0.717, 1.165) is 60.2 Å². The summed E-state index contributed by atoms with van der Waals surface area (Å²) in [7, 11) is 0. The summed E-state index contributed by atoms with van der Waals surface area (Å²) in [4.78, 5) is 40.8. The quantitative estimate of drug-likeness (QED) is 0.0756. The van der Waals surface area contributed by atoms with Gasteiger partial charge in [-0.2, -0.15) is 0 Å². The van der Waals surface area contributed by atoms with Gasteiger partial charge in [0.25, 0.3) is 5.91 Å². The third-order valence-electron chi connectivity index (χ3n) is 11.4. The molecule has 4 N–H and O–H groups in total. The maximum Gasteiger partial charge on any atom is 0.289 e. The number of amides is 3. The summed E-state index contributed by atoms with van der Waals surface area (Å²) >= 11 is 0. The number of nitrogens with two attached hydrogens (primary N) is 1. The topological polar surface area (TPSA) is 154 Å². The van der Waals surface area contributed by atoms with E-state index in [9.17, 15) is 14.4 Å². The van der Waals surface area contributed by atoms with E-state index in [-0.39, 0.29) is 43.3 Å². The van der Waals surface area contributed by atoms with Crippen molar-refractivity contribution in [2.24, 2.45) is 11.7 Å². The van der Waals surface area contributed by atoms with Gasteiger partial charge in [0.05, 0.1) is 11.6 Å². The first kappa shape index (κ1) is 44.3. The Labute approximate surface area is 369 Å². The lowest BCUT2D eigenvalue weighted by Crippen LogP contribution is -2.44. The lowest BCUT2D eigenvalue weighted by Gasteiger charge is -2.31. The third kappa shape index (κ3) is 11.8. The zero-order valence-corrected chi connectivity index (χ0v) is 36.3. The van der Waals surface area contributed by atoms with Gasteiger partial charge in [0.1, 0.15) is 24.7 Å². The number of nitrogens with one attached hydrogen (secondary N) is 2. The van der Waals surface area contributed by atoms with Crippen molar-refractivity contribution in [3.63, 3.8) is 0 Å². The van der Waals surface area contributed by atoms with E-state index in [2.05, 4.69) is 41.7 Å². The normalized spacial score (nSPS) is 13.4. The van der Waals surface area contributed by atoms with Crippen molar-refractivity contribution in [1.29, 1.82) is 0 Å². The predicted octanol–water partition coefficient (Wildman–Crippen LogP) is 7.43. The molecule has 3 amide bonds. The second-order valence-corrected chi connectivity index (χ2v) is 16.4. The number of likely N-dealkylation sites (tertiary alicyclic amines) is 1. The number of hydrogen-bond donors (Lipinski definition) is 3. The van der Waals surface area contributed by atoms with Crippen LogP contribution >= 0.6 is 0 Å². The summed E-state index contributed by atoms with van der Waals surface area (Å²) in [6, 6.07) is 40.9. The van der Waals surface area contributed by atoms with Gasteiger partial charge in [-0.05, 0) is 83.5 Å². The van der Waals surface area contributed by atoms with Gasteiger partial charge >= 0.3 is 0 Å². The monoisotopic (exact) mass is 847 g/mol. The Balaban J connectivity index is 1.19. The Kier molecular flexibility index (Phi) is 15.0. The zero-order chi connectivity index (χ0) is 44.1. The molecule has 5 aromatic carbocycles.